The SMILES string of the molecule is CCC(C)COc1cc(C)cc(CCCCC(=O)C(C)C)c1F. The predicted molar refractivity (Wildman–Crippen MR) is 93.5 cm³/mol. The van der Waals surface area contributed by atoms with Crippen LogP contribution in [-0.4, -0.2) is 12.4 Å². The molecule has 1 unspecified atom stereocenters. The van der Waals surface area contributed by atoms with Gasteiger partial charge in [0.15, 0.2) is 11.6 Å². The summed E-state index contributed by atoms with van der Waals surface area (Å²) >= 11 is 0. The monoisotopic (exact) mass is 322 g/mol. The zero-order valence-corrected chi connectivity index (χ0v) is 15.2. The Kier molecular flexibility index (Phi) is 8.29. The minimum Gasteiger partial charge on any atom is -0.490 e. The molecule has 0 fully saturated rings. The Morgan fingerprint density at radius 1 is 1.22 bits per heavy atom. The summed E-state index contributed by atoms with van der Waals surface area (Å²) in [4.78, 5) is 11.6. The minimum atomic E-state index is -0.242. The molecule has 0 amide bonds. The van der Waals surface area contributed by atoms with Crippen molar-refractivity contribution in [3.8, 4) is 5.75 Å². The van der Waals surface area contributed by atoms with Crippen LogP contribution in [0.1, 0.15) is 64.5 Å². The Balaban J connectivity index is 2.61. The maximum atomic E-state index is 14.5. The molecule has 130 valence electrons. The van der Waals surface area contributed by atoms with Crippen molar-refractivity contribution in [1.29, 1.82) is 0 Å². The van der Waals surface area contributed by atoms with Gasteiger partial charge in [0.2, 0.25) is 0 Å². The van der Waals surface area contributed by atoms with Gasteiger partial charge in [-0.15, -0.1) is 0 Å². The first kappa shape index (κ1) is 19.7. The smallest absolute Gasteiger partial charge is 0.168 e. The fourth-order valence-electron chi connectivity index (χ4n) is 2.35. The van der Waals surface area contributed by atoms with E-state index >= 15 is 0 Å². The van der Waals surface area contributed by atoms with Gasteiger partial charge in [-0.25, -0.2) is 4.39 Å². The summed E-state index contributed by atoms with van der Waals surface area (Å²) in [6, 6.07) is 3.65. The van der Waals surface area contributed by atoms with Crippen molar-refractivity contribution in [3.05, 3.63) is 29.1 Å². The number of unbranched alkanes of at least 4 members (excludes halogenated alkanes) is 1. The Morgan fingerprint density at radius 3 is 2.52 bits per heavy atom. The van der Waals surface area contributed by atoms with Gasteiger partial charge in [0.05, 0.1) is 6.61 Å². The van der Waals surface area contributed by atoms with E-state index < -0.39 is 0 Å². The number of ketones is 1. The zero-order chi connectivity index (χ0) is 17.4. The lowest BCUT2D eigenvalue weighted by Crippen LogP contribution is -2.09. The molecule has 0 aliphatic carbocycles. The Hall–Kier alpha value is -1.38. The van der Waals surface area contributed by atoms with Crippen LogP contribution in [-0.2, 0) is 11.2 Å². The molecule has 1 aromatic carbocycles. The van der Waals surface area contributed by atoms with Crippen molar-refractivity contribution in [1.82, 2.24) is 0 Å². The molecule has 0 spiro atoms. The highest BCUT2D eigenvalue weighted by atomic mass is 19.1. The molecule has 0 aliphatic rings. The van der Waals surface area contributed by atoms with Gasteiger partial charge >= 0.3 is 0 Å². The molecule has 23 heavy (non-hydrogen) atoms. The Bertz CT molecular complexity index is 509. The molecule has 1 rings (SSSR count). The van der Waals surface area contributed by atoms with Crippen LogP contribution >= 0.6 is 0 Å². The third-order valence-corrected chi connectivity index (χ3v) is 4.24. The van der Waals surface area contributed by atoms with Crippen LogP contribution in [0.5, 0.6) is 5.75 Å². The zero-order valence-electron chi connectivity index (χ0n) is 15.2. The number of carbonyl (C=O) groups excluding carboxylic acids is 1. The van der Waals surface area contributed by atoms with E-state index in [4.69, 9.17) is 4.74 Å². The fraction of sp³-hybridized carbons (Fsp3) is 0.650. The van der Waals surface area contributed by atoms with E-state index in [0.717, 1.165) is 24.8 Å². The molecule has 0 saturated carbocycles. The summed E-state index contributed by atoms with van der Waals surface area (Å²) in [5, 5.41) is 0. The van der Waals surface area contributed by atoms with E-state index in [1.54, 1.807) is 6.07 Å². The molecule has 1 atom stereocenters. The van der Waals surface area contributed by atoms with Crippen molar-refractivity contribution in [2.24, 2.45) is 11.8 Å². The van der Waals surface area contributed by atoms with Crippen molar-refractivity contribution in [2.45, 2.75) is 66.7 Å². The van der Waals surface area contributed by atoms with Gasteiger partial charge in [-0.1, -0.05) is 40.2 Å². The van der Waals surface area contributed by atoms with Gasteiger partial charge in [0, 0.05) is 12.3 Å². The highest BCUT2D eigenvalue weighted by Crippen LogP contribution is 2.25. The van der Waals surface area contributed by atoms with E-state index in [1.165, 1.54) is 0 Å². The number of halogens is 1. The third-order valence-electron chi connectivity index (χ3n) is 4.24. The molecule has 0 N–H and O–H groups in total. The number of hydrogen-bond donors (Lipinski definition) is 0. The van der Waals surface area contributed by atoms with E-state index in [1.807, 2.05) is 26.8 Å². The molecule has 0 aromatic heterocycles. The molecule has 0 bridgehead atoms. The van der Waals surface area contributed by atoms with Crippen LogP contribution in [0.25, 0.3) is 0 Å². The van der Waals surface area contributed by atoms with Gasteiger partial charge in [-0.3, -0.25) is 4.79 Å². The molecule has 0 heterocycles. The van der Waals surface area contributed by atoms with E-state index in [2.05, 4.69) is 13.8 Å². The molecular weight excluding hydrogens is 291 g/mol. The molecule has 0 saturated heterocycles. The number of ether oxygens (including phenoxy) is 1. The number of hydrogen-bond acceptors (Lipinski definition) is 2. The van der Waals surface area contributed by atoms with E-state index in [0.29, 0.717) is 36.7 Å². The van der Waals surface area contributed by atoms with Crippen LogP contribution in [0.2, 0.25) is 0 Å². The van der Waals surface area contributed by atoms with Gasteiger partial charge in [-0.05, 0) is 49.3 Å². The van der Waals surface area contributed by atoms with E-state index in [9.17, 15) is 9.18 Å². The second kappa shape index (κ2) is 9.69. The maximum Gasteiger partial charge on any atom is 0.168 e. The van der Waals surface area contributed by atoms with Crippen LogP contribution in [0, 0.1) is 24.6 Å². The van der Waals surface area contributed by atoms with Crippen LogP contribution in [0.15, 0.2) is 12.1 Å². The molecule has 3 heteroatoms. The normalized spacial score (nSPS) is 12.5. The maximum absolute atomic E-state index is 14.5. The number of Topliss-reactive ketones (excluding diaryl/α,β-unsaturated/α-hetero) is 1. The molecule has 0 aliphatic heterocycles. The quantitative estimate of drug-likeness (QED) is 0.532. The first-order chi connectivity index (χ1) is 10.8. The summed E-state index contributed by atoms with van der Waals surface area (Å²) in [6.45, 7) is 10.5. The van der Waals surface area contributed by atoms with Crippen LogP contribution in [0.4, 0.5) is 4.39 Å². The number of aryl methyl sites for hydroxylation is 2. The largest absolute Gasteiger partial charge is 0.490 e. The predicted octanol–water partition coefficient (Wildman–Crippen LogP) is 5.50. The summed E-state index contributed by atoms with van der Waals surface area (Å²) in [7, 11) is 0. The van der Waals surface area contributed by atoms with Crippen molar-refractivity contribution in [3.63, 3.8) is 0 Å². The molecule has 1 aromatic rings. The summed E-state index contributed by atoms with van der Waals surface area (Å²) in [6.07, 6.45) is 3.89. The summed E-state index contributed by atoms with van der Waals surface area (Å²) in [5.41, 5.74) is 1.71. The lowest BCUT2D eigenvalue weighted by Gasteiger charge is -2.14. The number of benzene rings is 1. The Labute approximate surface area is 140 Å². The molecule has 2 nitrogen and oxygen atoms in total. The second-order valence-electron chi connectivity index (χ2n) is 6.89. The standard InChI is InChI=1S/C20H31FO2/c1-6-15(4)13-23-19-12-16(5)11-17(20(19)21)9-7-8-10-18(22)14(2)3/h11-12,14-15H,6-10,13H2,1-5H3. The van der Waals surface area contributed by atoms with Gasteiger partial charge in [-0.2, -0.15) is 0 Å². The van der Waals surface area contributed by atoms with Crippen molar-refractivity contribution < 1.29 is 13.9 Å². The first-order valence-electron chi connectivity index (χ1n) is 8.79. The van der Waals surface area contributed by atoms with Crippen molar-refractivity contribution in [2.75, 3.05) is 6.61 Å². The number of carbonyl (C=O) groups is 1. The first-order valence-corrected chi connectivity index (χ1v) is 8.79. The highest BCUT2D eigenvalue weighted by molar-refractivity contribution is 5.80. The minimum absolute atomic E-state index is 0.0891. The number of rotatable bonds is 10. The van der Waals surface area contributed by atoms with Gasteiger partial charge in [0.1, 0.15) is 5.78 Å². The average Bonchev–Trinajstić information content (AvgIpc) is 2.51. The fourth-order valence-corrected chi connectivity index (χ4v) is 2.35. The lowest BCUT2D eigenvalue weighted by atomic mass is 10.00. The molecular formula is C20H31FO2. The highest BCUT2D eigenvalue weighted by Gasteiger charge is 2.13. The second-order valence-corrected chi connectivity index (χ2v) is 6.89. The van der Waals surface area contributed by atoms with Crippen LogP contribution in [0.3, 0.4) is 0 Å². The van der Waals surface area contributed by atoms with Crippen LogP contribution < -0.4 is 4.74 Å². The topological polar surface area (TPSA) is 26.3 Å². The third kappa shape index (κ3) is 6.72. The van der Waals surface area contributed by atoms with E-state index in [-0.39, 0.29) is 17.5 Å². The average molecular weight is 322 g/mol. The van der Waals surface area contributed by atoms with Gasteiger partial charge < -0.3 is 4.74 Å². The van der Waals surface area contributed by atoms with Gasteiger partial charge in [0.25, 0.3) is 0 Å². The van der Waals surface area contributed by atoms with Crippen molar-refractivity contribution >= 4 is 5.78 Å². The Morgan fingerprint density at radius 2 is 1.91 bits per heavy atom. The lowest BCUT2D eigenvalue weighted by molar-refractivity contribution is -0.122. The summed E-state index contributed by atoms with van der Waals surface area (Å²) < 4.78 is 20.2. The summed E-state index contributed by atoms with van der Waals surface area (Å²) in [5.74, 6) is 0.909. The molecule has 0 radical (unpaired) electrons.